The molecule has 1 aliphatic rings. The van der Waals surface area contributed by atoms with Crippen LogP contribution < -0.4 is 20.5 Å². The predicted octanol–water partition coefficient (Wildman–Crippen LogP) is 4.57. The van der Waals surface area contributed by atoms with Gasteiger partial charge in [0.1, 0.15) is 28.8 Å². The molecule has 1 fully saturated rings. The molecule has 4 aromatic rings. The first-order valence-corrected chi connectivity index (χ1v) is 14.5. The molecular weight excluding hydrogens is 629 g/mol. The number of nitrogens with zero attached hydrogens (tertiary/aromatic N) is 4. The van der Waals surface area contributed by atoms with Gasteiger partial charge < -0.3 is 25.6 Å². The van der Waals surface area contributed by atoms with Gasteiger partial charge in [-0.2, -0.15) is 23.5 Å². The number of aromatic nitrogens is 3. The zero-order valence-corrected chi connectivity index (χ0v) is 25.4. The maximum atomic E-state index is 14.7. The van der Waals surface area contributed by atoms with Crippen molar-refractivity contribution in [1.82, 2.24) is 20.1 Å². The van der Waals surface area contributed by atoms with Crippen LogP contribution in [0.2, 0.25) is 5.02 Å². The third-order valence-corrected chi connectivity index (χ3v) is 7.77. The summed E-state index contributed by atoms with van der Waals surface area (Å²) >= 11 is 6.20. The van der Waals surface area contributed by atoms with Crippen LogP contribution in [0, 0.1) is 11.3 Å². The van der Waals surface area contributed by atoms with Gasteiger partial charge in [0.2, 0.25) is 11.5 Å². The predicted molar refractivity (Wildman–Crippen MR) is 160 cm³/mol. The largest absolute Gasteiger partial charge is 0.494 e. The number of ether oxygens (including phenoxy) is 2. The number of nitrogens with one attached hydrogen (secondary N) is 1. The number of carbonyl (C=O) groups is 2. The number of methoxy groups -OCH3 is 1. The van der Waals surface area contributed by atoms with E-state index in [1.54, 1.807) is 17.8 Å². The number of rotatable bonds is 11. The smallest absolute Gasteiger partial charge is 0.424 e. The fraction of sp³-hybridized carbons (Fsp3) is 0.323. The second-order valence-electron chi connectivity index (χ2n) is 10.7. The number of nitrogens with two attached hydrogens (primary N) is 1. The van der Waals surface area contributed by atoms with Crippen molar-refractivity contribution < 1.29 is 37.3 Å². The Morgan fingerprint density at radius 2 is 1.98 bits per heavy atom. The van der Waals surface area contributed by atoms with Gasteiger partial charge in [0.25, 0.3) is 5.91 Å². The second kappa shape index (κ2) is 12.5. The average Bonchev–Trinajstić information content (AvgIpc) is 3.77. The summed E-state index contributed by atoms with van der Waals surface area (Å²) in [7, 11) is 1.38. The lowest BCUT2D eigenvalue weighted by Crippen LogP contribution is -2.51. The summed E-state index contributed by atoms with van der Waals surface area (Å²) in [4.78, 5) is 29.3. The van der Waals surface area contributed by atoms with Crippen molar-refractivity contribution in [2.75, 3.05) is 20.3 Å². The fourth-order valence-corrected chi connectivity index (χ4v) is 5.17. The standard InChI is InChI=1S/C31H28ClF3N6O5/c1-3-46-28-18(12-25(37)42)11-24(39-27(28)16-4-5-17(13-36)22(32)9-16)30(44,31(33,34)35)15-38-29(43)19-8-20-14-41(21-6-7-21)40-26(20)23(10-19)45-2/h4-5,8-11,14,21,44H,3,6-7,12,15H2,1-2H3,(H2,37,42)(H,38,43)/t30-/m0/s1. The summed E-state index contributed by atoms with van der Waals surface area (Å²) in [5, 5.41) is 27.8. The Kier molecular flexibility index (Phi) is 8.83. The van der Waals surface area contributed by atoms with Gasteiger partial charge in [-0.1, -0.05) is 17.7 Å². The molecule has 0 aliphatic heterocycles. The third kappa shape index (κ3) is 6.29. The highest BCUT2D eigenvalue weighted by Gasteiger charge is 2.56. The molecule has 15 heteroatoms. The van der Waals surface area contributed by atoms with Gasteiger partial charge >= 0.3 is 6.18 Å². The Bertz CT molecular complexity index is 1890. The lowest BCUT2D eigenvalue weighted by molar-refractivity contribution is -0.265. The molecule has 1 saturated carbocycles. The van der Waals surface area contributed by atoms with Gasteiger partial charge in [-0.05, 0) is 50.1 Å². The topological polar surface area (TPSA) is 165 Å². The third-order valence-electron chi connectivity index (χ3n) is 7.46. The number of amides is 2. The normalized spacial score (nSPS) is 14.4. The minimum absolute atomic E-state index is 0.0143. The summed E-state index contributed by atoms with van der Waals surface area (Å²) in [5.41, 5.74) is 1.15. The zero-order valence-electron chi connectivity index (χ0n) is 24.6. The number of primary amides is 1. The van der Waals surface area contributed by atoms with Gasteiger partial charge in [-0.25, -0.2) is 4.98 Å². The highest BCUT2D eigenvalue weighted by molar-refractivity contribution is 6.32. The van der Waals surface area contributed by atoms with Crippen molar-refractivity contribution in [3.8, 4) is 28.8 Å². The van der Waals surface area contributed by atoms with E-state index in [4.69, 9.17) is 26.8 Å². The van der Waals surface area contributed by atoms with E-state index in [9.17, 15) is 33.1 Å². The van der Waals surface area contributed by atoms with Crippen molar-refractivity contribution in [1.29, 1.82) is 5.26 Å². The summed E-state index contributed by atoms with van der Waals surface area (Å²) in [6.45, 7) is 0.306. The van der Waals surface area contributed by atoms with Crippen LogP contribution in [0.3, 0.4) is 0 Å². The first-order chi connectivity index (χ1) is 21.8. The molecule has 2 aromatic heterocycles. The molecule has 1 atom stereocenters. The van der Waals surface area contributed by atoms with Crippen LogP contribution in [0.5, 0.6) is 11.5 Å². The molecule has 0 radical (unpaired) electrons. The molecule has 5 rings (SSSR count). The number of aliphatic hydroxyl groups is 1. The number of nitriles is 1. The molecule has 2 aromatic carbocycles. The molecule has 0 saturated heterocycles. The van der Waals surface area contributed by atoms with Crippen molar-refractivity contribution >= 4 is 34.3 Å². The van der Waals surface area contributed by atoms with Crippen LogP contribution in [-0.2, 0) is 16.8 Å². The van der Waals surface area contributed by atoms with Gasteiger partial charge in [-0.15, -0.1) is 0 Å². The van der Waals surface area contributed by atoms with E-state index in [1.165, 1.54) is 37.4 Å². The van der Waals surface area contributed by atoms with Gasteiger partial charge in [-0.3, -0.25) is 14.3 Å². The van der Waals surface area contributed by atoms with Crippen molar-refractivity contribution in [2.45, 2.75) is 44.0 Å². The van der Waals surface area contributed by atoms with Crippen LogP contribution in [0.1, 0.15) is 53.0 Å². The summed E-state index contributed by atoms with van der Waals surface area (Å²) in [6, 6.07) is 9.83. The van der Waals surface area contributed by atoms with Crippen LogP contribution in [-0.4, -0.2) is 58.1 Å². The van der Waals surface area contributed by atoms with E-state index < -0.39 is 42.3 Å². The Morgan fingerprint density at radius 1 is 1.24 bits per heavy atom. The number of alkyl halides is 3. The van der Waals surface area contributed by atoms with Gasteiger partial charge in [0, 0.05) is 28.3 Å². The van der Waals surface area contributed by atoms with Crippen molar-refractivity contribution in [3.05, 3.63) is 70.0 Å². The number of pyridine rings is 1. The minimum Gasteiger partial charge on any atom is -0.494 e. The minimum atomic E-state index is -5.36. The van der Waals surface area contributed by atoms with E-state index >= 15 is 0 Å². The van der Waals surface area contributed by atoms with E-state index in [2.05, 4.69) is 15.4 Å². The van der Waals surface area contributed by atoms with Crippen LogP contribution >= 0.6 is 11.6 Å². The molecule has 240 valence electrons. The number of hydrogen-bond acceptors (Lipinski definition) is 8. The number of benzene rings is 2. The molecule has 11 nitrogen and oxygen atoms in total. The lowest BCUT2D eigenvalue weighted by atomic mass is 9.93. The molecular formula is C31H28ClF3N6O5. The Morgan fingerprint density at radius 3 is 2.57 bits per heavy atom. The van der Waals surface area contributed by atoms with Crippen LogP contribution in [0.4, 0.5) is 13.2 Å². The number of carbonyl (C=O) groups excluding carboxylic acids is 2. The number of halogens is 4. The number of hydrogen-bond donors (Lipinski definition) is 3. The molecule has 2 heterocycles. The van der Waals surface area contributed by atoms with Crippen molar-refractivity contribution in [3.63, 3.8) is 0 Å². The molecule has 46 heavy (non-hydrogen) atoms. The Balaban J connectivity index is 1.57. The summed E-state index contributed by atoms with van der Waals surface area (Å²) in [6.07, 6.45) is -2.27. The molecule has 1 aliphatic carbocycles. The molecule has 0 bridgehead atoms. The van der Waals surface area contributed by atoms with E-state index in [0.29, 0.717) is 10.9 Å². The molecule has 2 amide bonds. The SMILES string of the molecule is CCOc1c(CC(N)=O)cc([C@@](O)(CNC(=O)c2cc(OC)c3nn(C4CC4)cc3c2)C(F)(F)F)nc1-c1ccc(C#N)c(Cl)c1. The zero-order chi connectivity index (χ0) is 33.4. The first-order valence-electron chi connectivity index (χ1n) is 14.1. The first kappa shape index (κ1) is 32.5. The molecule has 0 spiro atoms. The molecule has 4 N–H and O–H groups in total. The van der Waals surface area contributed by atoms with Crippen molar-refractivity contribution in [2.24, 2.45) is 5.73 Å². The van der Waals surface area contributed by atoms with E-state index in [0.717, 1.165) is 18.9 Å². The van der Waals surface area contributed by atoms with Gasteiger partial charge in [0.15, 0.2) is 0 Å². The summed E-state index contributed by atoms with van der Waals surface area (Å²) < 4.78 is 57.0. The highest BCUT2D eigenvalue weighted by Crippen LogP contribution is 2.43. The quantitative estimate of drug-likeness (QED) is 0.211. The van der Waals surface area contributed by atoms with Crippen LogP contribution in [0.25, 0.3) is 22.2 Å². The second-order valence-corrected chi connectivity index (χ2v) is 11.1. The Labute approximate surface area is 265 Å². The highest BCUT2D eigenvalue weighted by atomic mass is 35.5. The Hall–Kier alpha value is -4.87. The van der Waals surface area contributed by atoms with E-state index in [1.807, 2.05) is 6.07 Å². The summed E-state index contributed by atoms with van der Waals surface area (Å²) in [5.74, 6) is -1.63. The van der Waals surface area contributed by atoms with E-state index in [-0.39, 0.29) is 57.1 Å². The molecule has 0 unspecified atom stereocenters. The number of fused-ring (bicyclic) bond motifs is 1. The maximum Gasteiger partial charge on any atom is 0.424 e. The maximum absolute atomic E-state index is 14.7. The average molecular weight is 657 g/mol. The lowest BCUT2D eigenvalue weighted by Gasteiger charge is -2.31. The fourth-order valence-electron chi connectivity index (χ4n) is 4.95. The monoisotopic (exact) mass is 656 g/mol. The van der Waals surface area contributed by atoms with Gasteiger partial charge in [0.05, 0.1) is 49.0 Å². The van der Waals surface area contributed by atoms with Crippen LogP contribution in [0.15, 0.2) is 42.6 Å².